The monoisotopic (exact) mass is 365 g/mol. The van der Waals surface area contributed by atoms with E-state index in [4.69, 9.17) is 0 Å². The first-order valence-electron chi connectivity index (χ1n) is 8.23. The standard InChI is InChI=1S/C20H19N3O2S/c1-14-17(12-18(24)22-16-10-6-3-7-11-16)19(25)23-20(21-14)26-13-15-8-4-2-5-9-15/h2-11H,12-13H2,1H3,(H,22,24)(H,21,23,25). The van der Waals surface area contributed by atoms with Crippen LogP contribution in [0.1, 0.15) is 16.8 Å². The highest BCUT2D eigenvalue weighted by atomic mass is 32.2. The smallest absolute Gasteiger partial charge is 0.255 e. The number of nitrogens with one attached hydrogen (secondary N) is 2. The first kappa shape index (κ1) is 17.9. The molecule has 5 nitrogen and oxygen atoms in total. The van der Waals surface area contributed by atoms with Gasteiger partial charge >= 0.3 is 0 Å². The molecule has 0 fully saturated rings. The van der Waals surface area contributed by atoms with Crippen LogP contribution in [0.25, 0.3) is 0 Å². The zero-order valence-electron chi connectivity index (χ0n) is 14.4. The molecule has 1 heterocycles. The Kier molecular flexibility index (Phi) is 5.86. The van der Waals surface area contributed by atoms with Gasteiger partial charge in [-0.1, -0.05) is 60.3 Å². The van der Waals surface area contributed by atoms with Crippen LogP contribution < -0.4 is 10.9 Å². The number of hydrogen-bond acceptors (Lipinski definition) is 4. The number of aryl methyl sites for hydroxylation is 1. The highest BCUT2D eigenvalue weighted by Gasteiger charge is 2.13. The van der Waals surface area contributed by atoms with Crippen LogP contribution in [0, 0.1) is 6.92 Å². The molecule has 0 unspecified atom stereocenters. The van der Waals surface area contributed by atoms with Crippen LogP contribution >= 0.6 is 11.8 Å². The fourth-order valence-electron chi connectivity index (χ4n) is 2.47. The average Bonchev–Trinajstić information content (AvgIpc) is 2.65. The molecule has 2 N–H and O–H groups in total. The van der Waals surface area contributed by atoms with Gasteiger partial charge < -0.3 is 10.3 Å². The van der Waals surface area contributed by atoms with E-state index in [0.717, 1.165) is 11.3 Å². The third-order valence-corrected chi connectivity index (χ3v) is 4.76. The van der Waals surface area contributed by atoms with Crippen molar-refractivity contribution in [2.24, 2.45) is 0 Å². The molecule has 6 heteroatoms. The Morgan fingerprint density at radius 2 is 1.73 bits per heavy atom. The summed E-state index contributed by atoms with van der Waals surface area (Å²) >= 11 is 1.46. The summed E-state index contributed by atoms with van der Waals surface area (Å²) in [5.74, 6) is 0.480. The Labute approximate surface area is 155 Å². The Bertz CT molecular complexity index is 940. The molecular formula is C20H19N3O2S. The summed E-state index contributed by atoms with van der Waals surface area (Å²) in [6, 6.07) is 19.1. The number of aromatic nitrogens is 2. The van der Waals surface area contributed by atoms with Gasteiger partial charge in [0.2, 0.25) is 5.91 Å². The molecule has 2 aromatic carbocycles. The molecule has 0 aliphatic carbocycles. The molecule has 0 bridgehead atoms. The highest BCUT2D eigenvalue weighted by molar-refractivity contribution is 7.98. The van der Waals surface area contributed by atoms with Gasteiger partial charge in [-0.05, 0) is 24.6 Å². The fourth-order valence-corrected chi connectivity index (χ4v) is 3.34. The van der Waals surface area contributed by atoms with E-state index in [0.29, 0.717) is 22.1 Å². The Hall–Kier alpha value is -2.86. The number of amides is 1. The quantitative estimate of drug-likeness (QED) is 0.517. The first-order valence-corrected chi connectivity index (χ1v) is 9.22. The second-order valence-corrected chi connectivity index (χ2v) is 6.76. The number of aromatic amines is 1. The maximum atomic E-state index is 12.4. The van der Waals surface area contributed by atoms with Gasteiger partial charge in [-0.2, -0.15) is 0 Å². The van der Waals surface area contributed by atoms with Crippen LogP contribution in [0.2, 0.25) is 0 Å². The Balaban J connectivity index is 1.67. The predicted molar refractivity (Wildman–Crippen MR) is 104 cm³/mol. The van der Waals surface area contributed by atoms with Crippen LogP contribution in [-0.2, 0) is 17.0 Å². The predicted octanol–water partition coefficient (Wildman–Crippen LogP) is 3.55. The lowest BCUT2D eigenvalue weighted by molar-refractivity contribution is -0.115. The van der Waals surface area contributed by atoms with Gasteiger partial charge in [0.15, 0.2) is 5.16 Å². The van der Waals surface area contributed by atoms with E-state index in [-0.39, 0.29) is 17.9 Å². The number of anilines is 1. The maximum absolute atomic E-state index is 12.4. The third-order valence-electron chi connectivity index (χ3n) is 3.81. The van der Waals surface area contributed by atoms with E-state index in [1.54, 1.807) is 19.1 Å². The highest BCUT2D eigenvalue weighted by Crippen LogP contribution is 2.19. The summed E-state index contributed by atoms with van der Waals surface area (Å²) in [6.07, 6.45) is -0.00725. The Morgan fingerprint density at radius 3 is 2.38 bits per heavy atom. The van der Waals surface area contributed by atoms with E-state index in [9.17, 15) is 9.59 Å². The largest absolute Gasteiger partial charge is 0.326 e. The van der Waals surface area contributed by atoms with E-state index < -0.39 is 0 Å². The molecule has 0 spiro atoms. The van der Waals surface area contributed by atoms with Gasteiger partial charge in [0.25, 0.3) is 5.56 Å². The Morgan fingerprint density at radius 1 is 1.08 bits per heavy atom. The molecular weight excluding hydrogens is 346 g/mol. The first-order chi connectivity index (χ1) is 12.6. The number of carbonyl (C=O) groups is 1. The molecule has 132 valence electrons. The molecule has 0 saturated carbocycles. The van der Waals surface area contributed by atoms with Crippen molar-refractivity contribution in [1.82, 2.24) is 9.97 Å². The van der Waals surface area contributed by atoms with E-state index in [1.165, 1.54) is 11.8 Å². The molecule has 3 rings (SSSR count). The summed E-state index contributed by atoms with van der Waals surface area (Å²) < 4.78 is 0. The van der Waals surface area contributed by atoms with Gasteiger partial charge in [0.1, 0.15) is 0 Å². The van der Waals surface area contributed by atoms with Crippen LogP contribution in [0.5, 0.6) is 0 Å². The molecule has 1 aromatic heterocycles. The number of rotatable bonds is 6. The average molecular weight is 365 g/mol. The third kappa shape index (κ3) is 4.83. The van der Waals surface area contributed by atoms with Crippen molar-refractivity contribution in [2.45, 2.75) is 24.3 Å². The van der Waals surface area contributed by atoms with Crippen molar-refractivity contribution in [3.05, 3.63) is 87.8 Å². The number of hydrogen-bond donors (Lipinski definition) is 2. The normalized spacial score (nSPS) is 10.5. The van der Waals surface area contributed by atoms with Crippen LogP contribution in [0.15, 0.2) is 70.6 Å². The molecule has 0 saturated heterocycles. The van der Waals surface area contributed by atoms with Gasteiger partial charge in [-0.15, -0.1) is 0 Å². The minimum Gasteiger partial charge on any atom is -0.326 e. The minimum atomic E-state index is -0.267. The zero-order chi connectivity index (χ0) is 18.4. The molecule has 1 amide bonds. The molecule has 3 aromatic rings. The second kappa shape index (κ2) is 8.49. The molecule has 0 aliphatic rings. The van der Waals surface area contributed by atoms with Crippen LogP contribution in [0.4, 0.5) is 5.69 Å². The lowest BCUT2D eigenvalue weighted by atomic mass is 10.1. The van der Waals surface area contributed by atoms with Crippen molar-refractivity contribution >= 4 is 23.4 Å². The molecule has 0 aliphatic heterocycles. The number of carbonyl (C=O) groups excluding carboxylic acids is 1. The number of nitrogens with zero attached hydrogens (tertiary/aromatic N) is 1. The van der Waals surface area contributed by atoms with Crippen molar-refractivity contribution in [3.8, 4) is 0 Å². The van der Waals surface area contributed by atoms with Crippen molar-refractivity contribution in [3.63, 3.8) is 0 Å². The van der Waals surface area contributed by atoms with Gasteiger partial charge in [0, 0.05) is 22.7 Å². The van der Waals surface area contributed by atoms with Crippen LogP contribution in [-0.4, -0.2) is 15.9 Å². The number of thioether (sulfide) groups is 1. The number of para-hydroxylation sites is 1. The molecule has 26 heavy (non-hydrogen) atoms. The minimum absolute atomic E-state index is 0.00725. The zero-order valence-corrected chi connectivity index (χ0v) is 15.2. The molecule has 0 atom stereocenters. The van der Waals surface area contributed by atoms with Gasteiger partial charge in [-0.25, -0.2) is 4.98 Å². The fraction of sp³-hybridized carbons (Fsp3) is 0.150. The lowest BCUT2D eigenvalue weighted by Crippen LogP contribution is -2.23. The van der Waals surface area contributed by atoms with Crippen molar-refractivity contribution in [1.29, 1.82) is 0 Å². The SMILES string of the molecule is Cc1nc(SCc2ccccc2)[nH]c(=O)c1CC(=O)Nc1ccccc1. The van der Waals surface area contributed by atoms with Crippen molar-refractivity contribution in [2.75, 3.05) is 5.32 Å². The van der Waals surface area contributed by atoms with Crippen LogP contribution in [0.3, 0.4) is 0 Å². The summed E-state index contributed by atoms with van der Waals surface area (Å²) in [6.45, 7) is 1.76. The van der Waals surface area contributed by atoms with Crippen molar-refractivity contribution < 1.29 is 4.79 Å². The summed E-state index contributed by atoms with van der Waals surface area (Å²) in [5, 5.41) is 3.34. The lowest BCUT2D eigenvalue weighted by Gasteiger charge is -2.08. The summed E-state index contributed by atoms with van der Waals surface area (Å²) in [7, 11) is 0. The summed E-state index contributed by atoms with van der Waals surface area (Å²) in [4.78, 5) is 31.8. The van der Waals surface area contributed by atoms with Gasteiger partial charge in [-0.3, -0.25) is 9.59 Å². The number of benzene rings is 2. The molecule has 0 radical (unpaired) electrons. The topological polar surface area (TPSA) is 74.8 Å². The van der Waals surface area contributed by atoms with Gasteiger partial charge in [0.05, 0.1) is 6.42 Å². The number of H-pyrrole nitrogens is 1. The van der Waals surface area contributed by atoms with E-state index in [2.05, 4.69) is 15.3 Å². The van der Waals surface area contributed by atoms with E-state index in [1.807, 2.05) is 48.5 Å². The second-order valence-electron chi connectivity index (χ2n) is 5.80. The summed E-state index contributed by atoms with van der Waals surface area (Å²) in [5.41, 5.74) is 2.56. The maximum Gasteiger partial charge on any atom is 0.255 e. The van der Waals surface area contributed by atoms with E-state index >= 15 is 0 Å².